The molecule has 2 aromatic heterocycles. The maximum Gasteiger partial charge on any atom is 0.420 e. The lowest BCUT2D eigenvalue weighted by atomic mass is 10.2. The lowest BCUT2D eigenvalue weighted by molar-refractivity contribution is -0.138. The first-order valence-electron chi connectivity index (χ1n) is 10.5. The Bertz CT molecular complexity index is 1240. The molecule has 0 bridgehead atoms. The molecule has 0 radical (unpaired) electrons. The molecule has 0 unspecified atom stereocenters. The lowest BCUT2D eigenvalue weighted by Gasteiger charge is -2.17. The summed E-state index contributed by atoms with van der Waals surface area (Å²) in [5, 5.41) is 5.53. The van der Waals surface area contributed by atoms with Crippen LogP contribution in [0.1, 0.15) is 39.5 Å². The van der Waals surface area contributed by atoms with E-state index in [-0.39, 0.29) is 35.6 Å². The number of methoxy groups -OCH3 is 1. The van der Waals surface area contributed by atoms with Gasteiger partial charge in [-0.1, -0.05) is 0 Å². The van der Waals surface area contributed by atoms with Gasteiger partial charge in [-0.15, -0.1) is 11.3 Å². The number of aromatic nitrogens is 2. The van der Waals surface area contributed by atoms with Crippen molar-refractivity contribution in [3.8, 4) is 17.2 Å². The predicted octanol–water partition coefficient (Wildman–Crippen LogP) is 4.25. The number of nitrogens with zero attached hydrogens (tertiary/aromatic N) is 2. The molecule has 3 aromatic rings. The van der Waals surface area contributed by atoms with Crippen molar-refractivity contribution in [3.63, 3.8) is 0 Å². The second kappa shape index (κ2) is 9.53. The Labute approximate surface area is 202 Å². The normalized spacial score (nSPS) is 14.2. The SMILES string of the molecule is COc1ccc(Oc2ccc(CNC(=O)C3(NC(=O)c4scnc4C)CC3)nc2)c(C(F)(F)F)c1. The van der Waals surface area contributed by atoms with Crippen LogP contribution in [0.25, 0.3) is 0 Å². The maximum absolute atomic E-state index is 13.4. The monoisotopic (exact) mass is 506 g/mol. The third-order valence-corrected chi connectivity index (χ3v) is 6.36. The number of carbonyl (C=O) groups is 2. The fourth-order valence-electron chi connectivity index (χ4n) is 3.32. The summed E-state index contributed by atoms with van der Waals surface area (Å²) in [7, 11) is 1.28. The van der Waals surface area contributed by atoms with Crippen LogP contribution in [0.3, 0.4) is 0 Å². The quantitative estimate of drug-likeness (QED) is 0.474. The molecule has 1 aliphatic rings. The second-order valence-corrected chi connectivity index (χ2v) is 8.79. The molecule has 4 rings (SSSR count). The zero-order valence-corrected chi connectivity index (χ0v) is 19.5. The molecule has 0 aliphatic heterocycles. The van der Waals surface area contributed by atoms with Gasteiger partial charge in [-0.05, 0) is 50.1 Å². The van der Waals surface area contributed by atoms with Gasteiger partial charge >= 0.3 is 6.18 Å². The number of aryl methyl sites for hydroxylation is 1. The molecule has 2 heterocycles. The van der Waals surface area contributed by atoms with Crippen LogP contribution in [-0.2, 0) is 17.5 Å². The number of amides is 2. The van der Waals surface area contributed by atoms with Gasteiger partial charge in [0.15, 0.2) is 0 Å². The number of rotatable bonds is 8. The minimum atomic E-state index is -4.63. The molecule has 0 saturated heterocycles. The summed E-state index contributed by atoms with van der Waals surface area (Å²) < 4.78 is 50.4. The molecular weight excluding hydrogens is 485 g/mol. The molecule has 1 aromatic carbocycles. The van der Waals surface area contributed by atoms with Crippen molar-refractivity contribution >= 4 is 23.2 Å². The summed E-state index contributed by atoms with van der Waals surface area (Å²) in [6.45, 7) is 1.80. The van der Waals surface area contributed by atoms with Crippen molar-refractivity contribution in [1.29, 1.82) is 0 Å². The van der Waals surface area contributed by atoms with E-state index in [1.807, 2.05) is 0 Å². The summed E-state index contributed by atoms with van der Waals surface area (Å²) in [6.07, 6.45) is -2.32. The van der Waals surface area contributed by atoms with Crippen LogP contribution in [-0.4, -0.2) is 34.4 Å². The van der Waals surface area contributed by atoms with Crippen LogP contribution in [0.4, 0.5) is 13.2 Å². The van der Waals surface area contributed by atoms with Crippen molar-refractivity contribution in [2.75, 3.05) is 7.11 Å². The Hall–Kier alpha value is -3.67. The molecule has 1 saturated carbocycles. The van der Waals surface area contributed by atoms with Crippen molar-refractivity contribution in [3.05, 3.63) is 63.9 Å². The van der Waals surface area contributed by atoms with E-state index in [1.54, 1.807) is 12.4 Å². The number of carbonyl (C=O) groups excluding carboxylic acids is 2. The molecule has 2 amide bonds. The van der Waals surface area contributed by atoms with Gasteiger partial charge < -0.3 is 20.1 Å². The molecule has 35 heavy (non-hydrogen) atoms. The Morgan fingerprint density at radius 1 is 1.14 bits per heavy atom. The summed E-state index contributed by atoms with van der Waals surface area (Å²) in [5.41, 5.74) is 0.711. The van der Waals surface area contributed by atoms with Gasteiger partial charge in [0.25, 0.3) is 5.91 Å². The molecule has 1 aliphatic carbocycles. The van der Waals surface area contributed by atoms with E-state index in [2.05, 4.69) is 20.6 Å². The van der Waals surface area contributed by atoms with Crippen LogP contribution in [0.2, 0.25) is 0 Å². The Balaban J connectivity index is 1.36. The molecule has 8 nitrogen and oxygen atoms in total. The van der Waals surface area contributed by atoms with E-state index in [1.165, 1.54) is 48.9 Å². The highest BCUT2D eigenvalue weighted by Crippen LogP contribution is 2.40. The largest absolute Gasteiger partial charge is 0.497 e. The number of hydrogen-bond acceptors (Lipinski definition) is 7. The number of halogens is 3. The first-order valence-corrected chi connectivity index (χ1v) is 11.4. The van der Waals surface area contributed by atoms with Gasteiger partial charge in [0.2, 0.25) is 5.91 Å². The lowest BCUT2D eigenvalue weighted by Crippen LogP contribution is -2.48. The van der Waals surface area contributed by atoms with Crippen LogP contribution in [0, 0.1) is 6.92 Å². The third kappa shape index (κ3) is 5.53. The van der Waals surface area contributed by atoms with E-state index in [9.17, 15) is 22.8 Å². The predicted molar refractivity (Wildman–Crippen MR) is 120 cm³/mol. The highest BCUT2D eigenvalue weighted by Gasteiger charge is 2.51. The van der Waals surface area contributed by atoms with Gasteiger partial charge in [0.05, 0.1) is 36.7 Å². The van der Waals surface area contributed by atoms with E-state index >= 15 is 0 Å². The maximum atomic E-state index is 13.4. The fourth-order valence-corrected chi connectivity index (χ4v) is 4.01. The van der Waals surface area contributed by atoms with Crippen molar-refractivity contribution in [2.24, 2.45) is 0 Å². The van der Waals surface area contributed by atoms with E-state index in [0.29, 0.717) is 29.1 Å². The highest BCUT2D eigenvalue weighted by molar-refractivity contribution is 7.11. The number of nitrogens with one attached hydrogen (secondary N) is 2. The highest BCUT2D eigenvalue weighted by atomic mass is 32.1. The first kappa shape index (κ1) is 24.5. The van der Waals surface area contributed by atoms with E-state index in [4.69, 9.17) is 9.47 Å². The molecule has 0 spiro atoms. The van der Waals surface area contributed by atoms with Gasteiger partial charge in [-0.2, -0.15) is 13.2 Å². The van der Waals surface area contributed by atoms with Gasteiger partial charge in [0, 0.05) is 0 Å². The van der Waals surface area contributed by atoms with Crippen LogP contribution in [0.15, 0.2) is 42.0 Å². The van der Waals surface area contributed by atoms with Crippen LogP contribution >= 0.6 is 11.3 Å². The number of benzene rings is 1. The number of alkyl halides is 3. The summed E-state index contributed by atoms with van der Waals surface area (Å²) >= 11 is 1.21. The standard InChI is InChI=1S/C23H21F3N4O4S/c1-13-19(35-12-29-13)20(31)30-22(7-8-22)21(32)28-10-14-3-4-16(11-27-14)34-18-6-5-15(33-2)9-17(18)23(24,25)26/h3-6,9,11-12H,7-8,10H2,1-2H3,(H,28,32)(H,30,31). The van der Waals surface area contributed by atoms with Crippen molar-refractivity contribution < 1.29 is 32.2 Å². The molecule has 0 atom stereocenters. The van der Waals surface area contributed by atoms with Gasteiger partial charge in [-0.3, -0.25) is 14.6 Å². The molecule has 184 valence electrons. The minimum Gasteiger partial charge on any atom is -0.497 e. The van der Waals surface area contributed by atoms with Crippen LogP contribution < -0.4 is 20.1 Å². The fraction of sp³-hybridized carbons (Fsp3) is 0.304. The Kier molecular flexibility index (Phi) is 6.66. The Morgan fingerprint density at radius 3 is 2.46 bits per heavy atom. The summed E-state index contributed by atoms with van der Waals surface area (Å²) in [4.78, 5) is 33.8. The minimum absolute atomic E-state index is 0.0562. The zero-order chi connectivity index (χ0) is 25.2. The average molecular weight is 507 g/mol. The van der Waals surface area contributed by atoms with Crippen molar-refractivity contribution in [1.82, 2.24) is 20.6 Å². The summed E-state index contributed by atoms with van der Waals surface area (Å²) in [6, 6.07) is 6.39. The molecule has 1 fully saturated rings. The number of pyridine rings is 1. The topological polar surface area (TPSA) is 102 Å². The zero-order valence-electron chi connectivity index (χ0n) is 18.7. The summed E-state index contributed by atoms with van der Waals surface area (Å²) in [5.74, 6) is -0.900. The molecule has 12 heteroatoms. The number of thiazole rings is 1. The number of hydrogen-bond donors (Lipinski definition) is 2. The first-order chi connectivity index (χ1) is 16.6. The molecule has 2 N–H and O–H groups in total. The molecular formula is C23H21F3N4O4S. The van der Waals surface area contributed by atoms with Gasteiger partial charge in [-0.25, -0.2) is 4.98 Å². The second-order valence-electron chi connectivity index (χ2n) is 7.93. The van der Waals surface area contributed by atoms with Crippen molar-refractivity contribution in [2.45, 2.75) is 38.0 Å². The Morgan fingerprint density at radius 2 is 1.89 bits per heavy atom. The van der Waals surface area contributed by atoms with E-state index in [0.717, 1.165) is 6.07 Å². The van der Waals surface area contributed by atoms with E-state index < -0.39 is 17.3 Å². The third-order valence-electron chi connectivity index (χ3n) is 5.44. The average Bonchev–Trinajstić information content (AvgIpc) is 3.48. The van der Waals surface area contributed by atoms with Crippen LogP contribution in [0.5, 0.6) is 17.2 Å². The smallest absolute Gasteiger partial charge is 0.420 e. The number of ether oxygens (including phenoxy) is 2. The van der Waals surface area contributed by atoms with Gasteiger partial charge in [0.1, 0.15) is 33.2 Å².